The lowest BCUT2D eigenvalue weighted by molar-refractivity contribution is 0.111. The molecule has 1 saturated heterocycles. The van der Waals surface area contributed by atoms with Gasteiger partial charge in [-0.3, -0.25) is 4.79 Å². The van der Waals surface area contributed by atoms with Gasteiger partial charge in [0.1, 0.15) is 0 Å². The van der Waals surface area contributed by atoms with Gasteiger partial charge in [0.15, 0.2) is 12.1 Å². The zero-order valence-corrected chi connectivity index (χ0v) is 16.5. The maximum Gasteiger partial charge on any atom is 0.192 e. The summed E-state index contributed by atoms with van der Waals surface area (Å²) in [5, 5.41) is 6.35. The number of carbonyl (C=O) groups excluding carboxylic acids is 1. The van der Waals surface area contributed by atoms with Crippen molar-refractivity contribution in [2.24, 2.45) is 0 Å². The number of nitrogens with two attached hydrogens (primary N) is 1. The number of carbonyl (C=O) groups is 1. The Kier molecular flexibility index (Phi) is 7.13. The third-order valence-electron chi connectivity index (χ3n) is 4.68. The largest absolute Gasteiger partial charge is 0.397 e. The van der Waals surface area contributed by atoms with Crippen LogP contribution < -0.4 is 21.3 Å². The number of aromatic nitrogens is 2. The van der Waals surface area contributed by atoms with Crippen LogP contribution in [0.5, 0.6) is 0 Å². The molecule has 7 nitrogen and oxygen atoms in total. The molecule has 1 aliphatic heterocycles. The van der Waals surface area contributed by atoms with Crippen molar-refractivity contribution in [3.8, 4) is 11.1 Å². The van der Waals surface area contributed by atoms with Crippen LogP contribution in [0.2, 0.25) is 0 Å². The summed E-state index contributed by atoms with van der Waals surface area (Å²) in [5.41, 5.74) is 10.9. The third kappa shape index (κ3) is 5.52. The maximum atomic E-state index is 10.3. The topological polar surface area (TPSA) is 96.2 Å². The summed E-state index contributed by atoms with van der Waals surface area (Å²) in [4.78, 5) is 20.4. The second-order valence-electron chi connectivity index (χ2n) is 6.57. The minimum absolute atomic E-state index is 0.240. The van der Waals surface area contributed by atoms with E-state index in [1.165, 1.54) is 11.1 Å². The van der Waals surface area contributed by atoms with Gasteiger partial charge >= 0.3 is 0 Å². The monoisotopic (exact) mass is 390 g/mol. The van der Waals surface area contributed by atoms with E-state index in [1.807, 2.05) is 37.4 Å². The molecule has 0 radical (unpaired) electrons. The van der Waals surface area contributed by atoms with Gasteiger partial charge in [-0.25, -0.2) is 9.97 Å². The van der Waals surface area contributed by atoms with E-state index in [2.05, 4.69) is 43.7 Å². The fourth-order valence-corrected chi connectivity index (χ4v) is 3.06. The van der Waals surface area contributed by atoms with Gasteiger partial charge in [-0.2, -0.15) is 0 Å². The normalized spacial score (nSPS) is 13.2. The predicted octanol–water partition coefficient (Wildman–Crippen LogP) is 2.68. The average molecular weight is 390 g/mol. The molecule has 4 N–H and O–H groups in total. The van der Waals surface area contributed by atoms with Gasteiger partial charge in [0.2, 0.25) is 0 Å². The van der Waals surface area contributed by atoms with Crippen LogP contribution in [-0.2, 0) is 0 Å². The van der Waals surface area contributed by atoms with Crippen LogP contribution in [0, 0.1) is 0 Å². The van der Waals surface area contributed by atoms with Gasteiger partial charge in [0.05, 0.1) is 29.5 Å². The standard InChI is InChI=1S/C13H14N2.C9H12N4O/c1-15-13-9-11(7-8-12(13)14)10-5-3-2-4-6-10;14-7-9-11-5-8(6-12-9)13-3-1-10-2-4-13/h2-9,15H,14H2,1H3;5-7,10H,1-4H2. The predicted molar refractivity (Wildman–Crippen MR) is 118 cm³/mol. The first kappa shape index (κ1) is 20.3. The van der Waals surface area contributed by atoms with Crippen molar-refractivity contribution in [2.45, 2.75) is 0 Å². The van der Waals surface area contributed by atoms with Crippen molar-refractivity contribution in [3.05, 3.63) is 66.7 Å². The number of benzene rings is 2. The van der Waals surface area contributed by atoms with E-state index in [0.717, 1.165) is 43.2 Å². The van der Waals surface area contributed by atoms with Crippen LogP contribution in [0.3, 0.4) is 0 Å². The van der Waals surface area contributed by atoms with Crippen molar-refractivity contribution < 1.29 is 4.79 Å². The Bertz CT molecular complexity index is 908. The van der Waals surface area contributed by atoms with E-state index in [-0.39, 0.29) is 5.82 Å². The number of hydrogen-bond donors (Lipinski definition) is 3. The minimum Gasteiger partial charge on any atom is -0.397 e. The smallest absolute Gasteiger partial charge is 0.192 e. The number of piperazine rings is 1. The Morgan fingerprint density at radius 1 is 1.03 bits per heavy atom. The van der Waals surface area contributed by atoms with E-state index in [4.69, 9.17) is 5.73 Å². The van der Waals surface area contributed by atoms with Gasteiger partial charge in [-0.05, 0) is 23.3 Å². The zero-order valence-electron chi connectivity index (χ0n) is 16.5. The van der Waals surface area contributed by atoms with E-state index < -0.39 is 0 Å². The highest BCUT2D eigenvalue weighted by Gasteiger charge is 2.10. The van der Waals surface area contributed by atoms with E-state index in [0.29, 0.717) is 6.29 Å². The Balaban J connectivity index is 0.000000166. The molecule has 2 aromatic carbocycles. The summed E-state index contributed by atoms with van der Waals surface area (Å²) < 4.78 is 0. The lowest BCUT2D eigenvalue weighted by Gasteiger charge is -2.28. The molecule has 0 atom stereocenters. The molecule has 1 fully saturated rings. The molecule has 1 aliphatic rings. The lowest BCUT2D eigenvalue weighted by atomic mass is 10.0. The highest BCUT2D eigenvalue weighted by molar-refractivity contribution is 5.75. The first-order valence-electron chi connectivity index (χ1n) is 9.57. The summed E-state index contributed by atoms with van der Waals surface area (Å²) in [6.45, 7) is 3.89. The van der Waals surface area contributed by atoms with Crippen molar-refractivity contribution >= 4 is 23.3 Å². The fourth-order valence-electron chi connectivity index (χ4n) is 3.06. The van der Waals surface area contributed by atoms with E-state index in [1.54, 1.807) is 12.4 Å². The number of aldehydes is 1. The highest BCUT2D eigenvalue weighted by Crippen LogP contribution is 2.26. The second kappa shape index (κ2) is 10.2. The van der Waals surface area contributed by atoms with Crippen molar-refractivity contribution in [1.82, 2.24) is 15.3 Å². The second-order valence-corrected chi connectivity index (χ2v) is 6.57. The van der Waals surface area contributed by atoms with Gasteiger partial charge in [0.25, 0.3) is 0 Å². The Morgan fingerprint density at radius 3 is 2.34 bits per heavy atom. The van der Waals surface area contributed by atoms with Gasteiger partial charge in [0, 0.05) is 33.2 Å². The molecule has 0 aliphatic carbocycles. The zero-order chi connectivity index (χ0) is 20.5. The molecule has 3 aromatic rings. The number of nitrogen functional groups attached to an aromatic ring is 1. The first-order valence-corrected chi connectivity index (χ1v) is 9.57. The van der Waals surface area contributed by atoms with Crippen molar-refractivity contribution in [3.63, 3.8) is 0 Å². The molecule has 0 spiro atoms. The van der Waals surface area contributed by atoms with Crippen LogP contribution in [0.15, 0.2) is 60.9 Å². The number of rotatable bonds is 4. The van der Waals surface area contributed by atoms with Gasteiger partial charge < -0.3 is 21.3 Å². The summed E-state index contributed by atoms with van der Waals surface area (Å²) in [6.07, 6.45) is 4.05. The SMILES string of the molecule is CNc1cc(-c2ccccc2)ccc1N.O=Cc1ncc(N2CCNCC2)cn1. The Labute approximate surface area is 171 Å². The Morgan fingerprint density at radius 2 is 1.72 bits per heavy atom. The number of anilines is 3. The number of hydrogen-bond acceptors (Lipinski definition) is 7. The molecular formula is C22H26N6O. The van der Waals surface area contributed by atoms with Crippen LogP contribution >= 0.6 is 0 Å². The molecule has 0 amide bonds. The van der Waals surface area contributed by atoms with Crippen LogP contribution in [0.25, 0.3) is 11.1 Å². The fraction of sp³-hybridized carbons (Fsp3) is 0.227. The molecule has 29 heavy (non-hydrogen) atoms. The first-order chi connectivity index (χ1) is 14.2. The highest BCUT2D eigenvalue weighted by atomic mass is 16.1. The van der Waals surface area contributed by atoms with Gasteiger partial charge in [-0.15, -0.1) is 0 Å². The van der Waals surface area contributed by atoms with Crippen molar-refractivity contribution in [1.29, 1.82) is 0 Å². The van der Waals surface area contributed by atoms with Crippen LogP contribution in [0.4, 0.5) is 17.1 Å². The molecule has 1 aromatic heterocycles. The molecule has 0 unspecified atom stereocenters. The molecule has 0 saturated carbocycles. The third-order valence-corrected chi connectivity index (χ3v) is 4.68. The van der Waals surface area contributed by atoms with Crippen LogP contribution in [0.1, 0.15) is 10.6 Å². The molecular weight excluding hydrogens is 364 g/mol. The summed E-state index contributed by atoms with van der Waals surface area (Å²) >= 11 is 0. The Hall–Kier alpha value is -3.45. The molecule has 4 rings (SSSR count). The molecule has 0 bridgehead atoms. The quantitative estimate of drug-likeness (QED) is 0.465. The van der Waals surface area contributed by atoms with E-state index in [9.17, 15) is 4.79 Å². The summed E-state index contributed by atoms with van der Waals surface area (Å²) in [5.74, 6) is 0.240. The molecule has 150 valence electrons. The summed E-state index contributed by atoms with van der Waals surface area (Å²) in [7, 11) is 1.88. The van der Waals surface area contributed by atoms with Crippen LogP contribution in [-0.4, -0.2) is 49.5 Å². The number of nitrogens with zero attached hydrogens (tertiary/aromatic N) is 3. The number of nitrogens with one attached hydrogen (secondary N) is 2. The summed E-state index contributed by atoms with van der Waals surface area (Å²) in [6, 6.07) is 16.3. The minimum atomic E-state index is 0.240. The van der Waals surface area contributed by atoms with Gasteiger partial charge in [-0.1, -0.05) is 36.4 Å². The molecule has 7 heteroatoms. The van der Waals surface area contributed by atoms with E-state index >= 15 is 0 Å². The maximum absolute atomic E-state index is 10.3. The molecule has 2 heterocycles. The lowest BCUT2D eigenvalue weighted by Crippen LogP contribution is -2.43. The average Bonchev–Trinajstić information content (AvgIpc) is 2.81. The van der Waals surface area contributed by atoms with Crippen molar-refractivity contribution in [2.75, 3.05) is 49.2 Å².